The third-order valence-electron chi connectivity index (χ3n) is 5.99. The maximum Gasteiger partial charge on any atom is 0.261 e. The number of benzene rings is 2. The number of methoxy groups -OCH3 is 1. The summed E-state index contributed by atoms with van der Waals surface area (Å²) in [6, 6.07) is 12.9. The molecule has 0 heterocycles. The molecule has 0 aliphatic heterocycles. The molecule has 2 aliphatic rings. The van der Waals surface area contributed by atoms with Crippen LogP contribution in [0.25, 0.3) is 0 Å². The molecule has 0 spiro atoms. The van der Waals surface area contributed by atoms with Crippen LogP contribution in [0.4, 0.5) is 11.4 Å². The SMILES string of the molecule is COc1ccc(NS(=O)(=O)c2ccc(NC(=O)C34CCC(CC3)C4)cc2)cc1. The summed E-state index contributed by atoms with van der Waals surface area (Å²) in [6.07, 6.45) is 5.18. The minimum absolute atomic E-state index is 0.0689. The van der Waals surface area contributed by atoms with Crippen molar-refractivity contribution in [3.05, 3.63) is 48.5 Å². The van der Waals surface area contributed by atoms with E-state index in [1.54, 1.807) is 43.5 Å². The fourth-order valence-electron chi connectivity index (χ4n) is 4.37. The summed E-state index contributed by atoms with van der Waals surface area (Å²) in [6.45, 7) is 0. The van der Waals surface area contributed by atoms with Crippen LogP contribution in [0.5, 0.6) is 5.75 Å². The highest BCUT2D eigenvalue weighted by Crippen LogP contribution is 2.54. The van der Waals surface area contributed by atoms with Crippen LogP contribution in [0.15, 0.2) is 53.4 Å². The number of sulfonamides is 1. The zero-order chi connectivity index (χ0) is 19.8. The number of anilines is 2. The van der Waals surface area contributed by atoms with Gasteiger partial charge in [0.15, 0.2) is 0 Å². The summed E-state index contributed by atoms with van der Waals surface area (Å²) in [5.74, 6) is 1.42. The van der Waals surface area contributed by atoms with E-state index in [4.69, 9.17) is 4.74 Å². The Morgan fingerprint density at radius 2 is 1.61 bits per heavy atom. The van der Waals surface area contributed by atoms with Gasteiger partial charge >= 0.3 is 0 Å². The zero-order valence-corrected chi connectivity index (χ0v) is 16.6. The van der Waals surface area contributed by atoms with Crippen molar-refractivity contribution in [2.75, 3.05) is 17.1 Å². The normalized spacial score (nSPS) is 23.4. The van der Waals surface area contributed by atoms with Gasteiger partial charge in [-0.25, -0.2) is 8.42 Å². The molecule has 1 amide bonds. The van der Waals surface area contributed by atoms with Crippen molar-refractivity contribution in [3.8, 4) is 5.75 Å². The number of amides is 1. The lowest BCUT2D eigenvalue weighted by Crippen LogP contribution is -2.32. The van der Waals surface area contributed by atoms with Crippen LogP contribution >= 0.6 is 0 Å². The topological polar surface area (TPSA) is 84.5 Å². The van der Waals surface area contributed by atoms with Crippen LogP contribution in [-0.2, 0) is 14.8 Å². The van der Waals surface area contributed by atoms with Crippen molar-refractivity contribution >= 4 is 27.3 Å². The number of rotatable bonds is 6. The quantitative estimate of drug-likeness (QED) is 0.767. The molecule has 0 saturated heterocycles. The monoisotopic (exact) mass is 400 g/mol. The van der Waals surface area contributed by atoms with Crippen LogP contribution in [0, 0.1) is 11.3 Å². The van der Waals surface area contributed by atoms with Gasteiger partial charge in [0, 0.05) is 16.8 Å². The summed E-state index contributed by atoms with van der Waals surface area (Å²) in [4.78, 5) is 12.9. The Kier molecular flexibility index (Phi) is 4.79. The van der Waals surface area contributed by atoms with Crippen molar-refractivity contribution in [1.82, 2.24) is 0 Å². The van der Waals surface area contributed by atoms with Gasteiger partial charge in [0.05, 0.1) is 12.0 Å². The molecule has 2 bridgehead atoms. The number of hydrogen-bond donors (Lipinski definition) is 2. The van der Waals surface area contributed by atoms with E-state index in [0.29, 0.717) is 23.0 Å². The molecule has 0 atom stereocenters. The van der Waals surface area contributed by atoms with Gasteiger partial charge in [-0.2, -0.15) is 0 Å². The smallest absolute Gasteiger partial charge is 0.261 e. The molecule has 0 aromatic heterocycles. The fourth-order valence-corrected chi connectivity index (χ4v) is 5.42. The maximum atomic E-state index is 12.7. The van der Waals surface area contributed by atoms with Gasteiger partial charge in [0.2, 0.25) is 5.91 Å². The van der Waals surface area contributed by atoms with E-state index >= 15 is 0 Å². The van der Waals surface area contributed by atoms with Crippen molar-refractivity contribution in [1.29, 1.82) is 0 Å². The minimum Gasteiger partial charge on any atom is -0.497 e. The first-order valence-electron chi connectivity index (χ1n) is 9.49. The van der Waals surface area contributed by atoms with Gasteiger partial charge in [-0.1, -0.05) is 0 Å². The first-order chi connectivity index (χ1) is 13.4. The lowest BCUT2D eigenvalue weighted by atomic mass is 9.83. The first kappa shape index (κ1) is 18.8. The number of carbonyl (C=O) groups excluding carboxylic acids is 1. The molecule has 2 aromatic rings. The summed E-state index contributed by atoms with van der Waals surface area (Å²) >= 11 is 0. The molecule has 4 rings (SSSR count). The molecule has 2 fully saturated rings. The zero-order valence-electron chi connectivity index (χ0n) is 15.8. The highest BCUT2D eigenvalue weighted by molar-refractivity contribution is 7.92. The predicted molar refractivity (Wildman–Crippen MR) is 108 cm³/mol. The maximum absolute atomic E-state index is 12.7. The molecular formula is C21H24N2O4S. The number of carbonyl (C=O) groups is 1. The molecule has 0 unspecified atom stereocenters. The van der Waals surface area contributed by atoms with E-state index in [0.717, 1.165) is 32.1 Å². The molecule has 2 N–H and O–H groups in total. The highest BCUT2D eigenvalue weighted by Gasteiger charge is 2.49. The number of fused-ring (bicyclic) bond motifs is 2. The lowest BCUT2D eigenvalue weighted by Gasteiger charge is -2.25. The first-order valence-corrected chi connectivity index (χ1v) is 11.0. The van der Waals surface area contributed by atoms with Gasteiger partial charge in [-0.3, -0.25) is 9.52 Å². The van der Waals surface area contributed by atoms with Crippen molar-refractivity contribution in [2.45, 2.75) is 37.0 Å². The van der Waals surface area contributed by atoms with Gasteiger partial charge in [0.1, 0.15) is 5.75 Å². The van der Waals surface area contributed by atoms with Gasteiger partial charge < -0.3 is 10.1 Å². The summed E-state index contributed by atoms with van der Waals surface area (Å²) < 4.78 is 32.8. The van der Waals surface area contributed by atoms with Crippen molar-refractivity contribution < 1.29 is 17.9 Å². The van der Waals surface area contributed by atoms with E-state index in [9.17, 15) is 13.2 Å². The molecular weight excluding hydrogens is 376 g/mol. The van der Waals surface area contributed by atoms with E-state index < -0.39 is 10.0 Å². The Hall–Kier alpha value is -2.54. The Morgan fingerprint density at radius 3 is 2.14 bits per heavy atom. The summed E-state index contributed by atoms with van der Waals surface area (Å²) in [5, 5.41) is 2.98. The molecule has 2 aliphatic carbocycles. The average Bonchev–Trinajstić information content (AvgIpc) is 3.31. The average molecular weight is 401 g/mol. The molecule has 0 radical (unpaired) electrons. The highest BCUT2D eigenvalue weighted by atomic mass is 32.2. The third-order valence-corrected chi connectivity index (χ3v) is 7.39. The van der Waals surface area contributed by atoms with E-state index in [-0.39, 0.29) is 16.2 Å². The molecule has 148 valence electrons. The minimum atomic E-state index is -3.71. The molecule has 7 heteroatoms. The van der Waals surface area contributed by atoms with Crippen LogP contribution in [-0.4, -0.2) is 21.4 Å². The molecule has 6 nitrogen and oxygen atoms in total. The molecule has 28 heavy (non-hydrogen) atoms. The second kappa shape index (κ2) is 7.13. The Labute approximate surface area is 165 Å². The summed E-state index contributed by atoms with van der Waals surface area (Å²) in [5.41, 5.74) is 0.859. The largest absolute Gasteiger partial charge is 0.497 e. The third kappa shape index (κ3) is 3.58. The van der Waals surface area contributed by atoms with Crippen LogP contribution < -0.4 is 14.8 Å². The van der Waals surface area contributed by atoms with Gasteiger partial charge in [-0.15, -0.1) is 0 Å². The Balaban J connectivity index is 1.43. The van der Waals surface area contributed by atoms with Crippen LogP contribution in [0.2, 0.25) is 0 Å². The molecule has 2 saturated carbocycles. The summed E-state index contributed by atoms with van der Waals surface area (Å²) in [7, 11) is -2.15. The molecule has 2 aromatic carbocycles. The fraction of sp³-hybridized carbons (Fsp3) is 0.381. The standard InChI is InChI=1S/C21H24N2O4S/c1-27-18-6-2-17(3-7-18)23-28(25,26)19-8-4-16(5-9-19)22-20(24)21-12-10-15(14-21)11-13-21/h2-9,15,23H,10-14H2,1H3,(H,22,24). The van der Waals surface area contributed by atoms with Crippen LogP contribution in [0.3, 0.4) is 0 Å². The van der Waals surface area contributed by atoms with E-state index in [2.05, 4.69) is 10.0 Å². The second-order valence-electron chi connectivity index (χ2n) is 7.74. The number of nitrogens with one attached hydrogen (secondary N) is 2. The van der Waals surface area contributed by atoms with E-state index in [1.807, 2.05) is 0 Å². The number of hydrogen-bond acceptors (Lipinski definition) is 4. The predicted octanol–water partition coefficient (Wildman–Crippen LogP) is 4.01. The lowest BCUT2D eigenvalue weighted by molar-refractivity contribution is -0.125. The van der Waals surface area contributed by atoms with Gasteiger partial charge in [0.25, 0.3) is 10.0 Å². The Morgan fingerprint density at radius 1 is 1.00 bits per heavy atom. The van der Waals surface area contributed by atoms with Crippen LogP contribution in [0.1, 0.15) is 32.1 Å². The van der Waals surface area contributed by atoms with Crippen molar-refractivity contribution in [3.63, 3.8) is 0 Å². The van der Waals surface area contributed by atoms with Gasteiger partial charge in [-0.05, 0) is 86.6 Å². The number of ether oxygens (including phenoxy) is 1. The van der Waals surface area contributed by atoms with Crippen molar-refractivity contribution in [2.24, 2.45) is 11.3 Å². The second-order valence-corrected chi connectivity index (χ2v) is 9.42. The van der Waals surface area contributed by atoms with E-state index in [1.165, 1.54) is 12.1 Å². The Bertz CT molecular complexity index is 960.